The van der Waals surface area contributed by atoms with Crippen LogP contribution in [0.5, 0.6) is 0 Å². The van der Waals surface area contributed by atoms with Crippen LogP contribution < -0.4 is 5.56 Å². The quantitative estimate of drug-likeness (QED) is 0.914. The second-order valence-corrected chi connectivity index (χ2v) is 5.74. The number of nitrogens with zero attached hydrogens (tertiary/aromatic N) is 1. The van der Waals surface area contributed by atoms with Gasteiger partial charge in [-0.05, 0) is 31.0 Å². The normalized spacial score (nSPS) is 14.8. The summed E-state index contributed by atoms with van der Waals surface area (Å²) in [6.45, 7) is 0. The highest BCUT2D eigenvalue weighted by Gasteiger charge is 2.26. The van der Waals surface area contributed by atoms with Gasteiger partial charge in [0.1, 0.15) is 5.82 Å². The standard InChI is InChI=1S/C13H10BrClN2O/c14-8-3-4-10(15)9(5-8)13-16-11(7-1-2-7)6-12(18)17-13/h3-7H,1-2H2,(H,16,17,18). The summed E-state index contributed by atoms with van der Waals surface area (Å²) in [5, 5.41) is 0.578. The Bertz CT molecular complexity index is 664. The van der Waals surface area contributed by atoms with Crippen molar-refractivity contribution in [3.05, 3.63) is 49.8 Å². The van der Waals surface area contributed by atoms with Crippen molar-refractivity contribution in [2.45, 2.75) is 18.8 Å². The van der Waals surface area contributed by atoms with E-state index in [4.69, 9.17) is 11.6 Å². The number of aromatic amines is 1. The molecule has 3 rings (SSSR count). The van der Waals surface area contributed by atoms with Crippen LogP contribution in [0.15, 0.2) is 33.5 Å². The first-order valence-electron chi connectivity index (χ1n) is 5.70. The maximum Gasteiger partial charge on any atom is 0.251 e. The third-order valence-corrected chi connectivity index (χ3v) is 3.76. The fourth-order valence-corrected chi connectivity index (χ4v) is 2.44. The van der Waals surface area contributed by atoms with Gasteiger partial charge in [0.2, 0.25) is 0 Å². The van der Waals surface area contributed by atoms with Gasteiger partial charge in [-0.3, -0.25) is 4.79 Å². The van der Waals surface area contributed by atoms with Gasteiger partial charge in [0.15, 0.2) is 0 Å². The Morgan fingerprint density at radius 1 is 1.33 bits per heavy atom. The number of aromatic nitrogens is 2. The van der Waals surface area contributed by atoms with E-state index in [2.05, 4.69) is 25.9 Å². The van der Waals surface area contributed by atoms with E-state index in [1.54, 1.807) is 12.1 Å². The van der Waals surface area contributed by atoms with Crippen molar-refractivity contribution in [2.75, 3.05) is 0 Å². The lowest BCUT2D eigenvalue weighted by atomic mass is 10.2. The molecule has 2 aromatic rings. The Morgan fingerprint density at radius 2 is 2.11 bits per heavy atom. The van der Waals surface area contributed by atoms with Crippen LogP contribution in [0.4, 0.5) is 0 Å². The zero-order chi connectivity index (χ0) is 12.7. The van der Waals surface area contributed by atoms with Gasteiger partial charge in [-0.2, -0.15) is 0 Å². The maximum atomic E-state index is 11.7. The van der Waals surface area contributed by atoms with Crippen molar-refractivity contribution in [3.8, 4) is 11.4 Å². The highest BCUT2D eigenvalue weighted by Crippen LogP contribution is 2.39. The molecule has 0 spiro atoms. The molecule has 1 aliphatic carbocycles. The summed E-state index contributed by atoms with van der Waals surface area (Å²) >= 11 is 9.54. The molecule has 0 aliphatic heterocycles. The van der Waals surface area contributed by atoms with Crippen LogP contribution in [0.3, 0.4) is 0 Å². The molecule has 92 valence electrons. The van der Waals surface area contributed by atoms with Crippen LogP contribution in [-0.4, -0.2) is 9.97 Å². The lowest BCUT2D eigenvalue weighted by Crippen LogP contribution is -2.10. The molecule has 1 saturated carbocycles. The van der Waals surface area contributed by atoms with Crippen LogP contribution >= 0.6 is 27.5 Å². The Morgan fingerprint density at radius 3 is 2.83 bits per heavy atom. The number of benzene rings is 1. The third-order valence-electron chi connectivity index (χ3n) is 2.94. The molecule has 0 amide bonds. The minimum Gasteiger partial charge on any atom is -0.306 e. The average molecular weight is 326 g/mol. The highest BCUT2D eigenvalue weighted by atomic mass is 79.9. The van der Waals surface area contributed by atoms with Gasteiger partial charge in [0.05, 0.1) is 10.7 Å². The summed E-state index contributed by atoms with van der Waals surface area (Å²) in [6, 6.07) is 7.07. The van der Waals surface area contributed by atoms with Crippen molar-refractivity contribution in [2.24, 2.45) is 0 Å². The van der Waals surface area contributed by atoms with Gasteiger partial charge in [-0.25, -0.2) is 4.98 Å². The fourth-order valence-electron chi connectivity index (χ4n) is 1.87. The van der Waals surface area contributed by atoms with Gasteiger partial charge in [-0.15, -0.1) is 0 Å². The Labute approximate surface area is 117 Å². The zero-order valence-electron chi connectivity index (χ0n) is 9.41. The molecule has 0 radical (unpaired) electrons. The molecule has 1 N–H and O–H groups in total. The van der Waals surface area contributed by atoms with Gasteiger partial charge >= 0.3 is 0 Å². The van der Waals surface area contributed by atoms with Crippen LogP contribution in [0.2, 0.25) is 5.02 Å². The molecular weight excluding hydrogens is 316 g/mol. The Kier molecular flexibility index (Phi) is 2.99. The van der Waals surface area contributed by atoms with E-state index in [0.29, 0.717) is 16.8 Å². The van der Waals surface area contributed by atoms with E-state index in [1.165, 1.54) is 0 Å². The first-order valence-corrected chi connectivity index (χ1v) is 6.87. The largest absolute Gasteiger partial charge is 0.306 e. The Hall–Kier alpha value is -1.13. The number of nitrogens with one attached hydrogen (secondary N) is 1. The second-order valence-electron chi connectivity index (χ2n) is 4.42. The first-order chi connectivity index (χ1) is 8.63. The molecule has 5 heteroatoms. The van der Waals surface area contributed by atoms with Crippen molar-refractivity contribution >= 4 is 27.5 Å². The number of halogens is 2. The van der Waals surface area contributed by atoms with Crippen LogP contribution in [0.25, 0.3) is 11.4 Å². The molecule has 0 unspecified atom stereocenters. The highest BCUT2D eigenvalue weighted by molar-refractivity contribution is 9.10. The van der Waals surface area contributed by atoms with Crippen molar-refractivity contribution in [1.82, 2.24) is 9.97 Å². The summed E-state index contributed by atoms with van der Waals surface area (Å²) in [5.41, 5.74) is 1.48. The fraction of sp³-hybridized carbons (Fsp3) is 0.231. The predicted molar refractivity (Wildman–Crippen MR) is 75.0 cm³/mol. The molecule has 1 aromatic heterocycles. The second kappa shape index (κ2) is 4.52. The van der Waals surface area contributed by atoms with Crippen LogP contribution in [0, 0.1) is 0 Å². The monoisotopic (exact) mass is 324 g/mol. The number of hydrogen-bond donors (Lipinski definition) is 1. The minimum absolute atomic E-state index is 0.127. The molecule has 18 heavy (non-hydrogen) atoms. The van der Waals surface area contributed by atoms with Gasteiger partial charge in [-0.1, -0.05) is 27.5 Å². The lowest BCUT2D eigenvalue weighted by molar-refractivity contribution is 0.977. The smallest absolute Gasteiger partial charge is 0.251 e. The molecule has 1 aliphatic rings. The summed E-state index contributed by atoms with van der Waals surface area (Å²) in [5.74, 6) is 0.979. The lowest BCUT2D eigenvalue weighted by Gasteiger charge is -2.06. The number of rotatable bonds is 2. The SMILES string of the molecule is O=c1cc(C2CC2)nc(-c2cc(Br)ccc2Cl)[nH]1. The van der Waals surface area contributed by atoms with Gasteiger partial charge in [0.25, 0.3) is 5.56 Å². The maximum absolute atomic E-state index is 11.7. The van der Waals surface area contributed by atoms with Crippen molar-refractivity contribution in [3.63, 3.8) is 0 Å². The molecule has 3 nitrogen and oxygen atoms in total. The van der Waals surface area contributed by atoms with E-state index in [-0.39, 0.29) is 5.56 Å². The molecule has 0 saturated heterocycles. The van der Waals surface area contributed by atoms with E-state index < -0.39 is 0 Å². The number of hydrogen-bond acceptors (Lipinski definition) is 2. The first kappa shape index (κ1) is 11.9. The summed E-state index contributed by atoms with van der Waals surface area (Å²) in [4.78, 5) is 18.9. The minimum atomic E-state index is -0.127. The molecular formula is C13H10BrClN2O. The average Bonchev–Trinajstić information content (AvgIpc) is 3.15. The molecule has 0 bridgehead atoms. The summed E-state index contributed by atoms with van der Waals surface area (Å²) in [6.07, 6.45) is 2.23. The molecule has 1 aromatic carbocycles. The van der Waals surface area contributed by atoms with Crippen LogP contribution in [-0.2, 0) is 0 Å². The predicted octanol–water partition coefficient (Wildman–Crippen LogP) is 3.73. The van der Waals surface area contributed by atoms with E-state index >= 15 is 0 Å². The summed E-state index contributed by atoms with van der Waals surface area (Å²) in [7, 11) is 0. The number of H-pyrrole nitrogens is 1. The summed E-state index contributed by atoms with van der Waals surface area (Å²) < 4.78 is 0.904. The zero-order valence-corrected chi connectivity index (χ0v) is 11.8. The molecule has 1 heterocycles. The molecule has 1 fully saturated rings. The molecule has 0 atom stereocenters. The van der Waals surface area contributed by atoms with Crippen LogP contribution in [0.1, 0.15) is 24.5 Å². The van der Waals surface area contributed by atoms with E-state index in [0.717, 1.165) is 28.6 Å². The topological polar surface area (TPSA) is 45.8 Å². The van der Waals surface area contributed by atoms with Gasteiger partial charge in [0, 0.05) is 22.0 Å². The van der Waals surface area contributed by atoms with E-state index in [9.17, 15) is 4.79 Å². The van der Waals surface area contributed by atoms with Gasteiger partial charge < -0.3 is 4.98 Å². The third kappa shape index (κ3) is 2.35. The van der Waals surface area contributed by atoms with E-state index in [1.807, 2.05) is 12.1 Å². The van der Waals surface area contributed by atoms with Crippen molar-refractivity contribution in [1.29, 1.82) is 0 Å². The Balaban J connectivity index is 2.15. The van der Waals surface area contributed by atoms with Crippen molar-refractivity contribution < 1.29 is 0 Å².